The number of aromatic nitrogens is 2. The molecule has 0 aromatic carbocycles. The van der Waals surface area contributed by atoms with Crippen molar-refractivity contribution in [2.75, 3.05) is 14.2 Å². The van der Waals surface area contributed by atoms with Gasteiger partial charge in [0.2, 0.25) is 5.88 Å². The lowest BCUT2D eigenvalue weighted by Crippen LogP contribution is -2.36. The number of hydrogen-bond donors (Lipinski definition) is 2. The highest BCUT2D eigenvalue weighted by molar-refractivity contribution is 5.79. The van der Waals surface area contributed by atoms with Crippen molar-refractivity contribution in [1.82, 2.24) is 20.8 Å². The first-order valence-electron chi connectivity index (χ1n) is 8.59. The number of guanidine groups is 1. The highest BCUT2D eigenvalue weighted by atomic mass is 16.5. The maximum atomic E-state index is 5.42. The summed E-state index contributed by atoms with van der Waals surface area (Å²) in [5.74, 6) is 2.53. The van der Waals surface area contributed by atoms with Crippen molar-refractivity contribution >= 4 is 5.96 Å². The van der Waals surface area contributed by atoms with E-state index in [0.29, 0.717) is 30.8 Å². The van der Waals surface area contributed by atoms with Gasteiger partial charge in [0.05, 0.1) is 19.3 Å². The van der Waals surface area contributed by atoms with Gasteiger partial charge >= 0.3 is 0 Å². The zero-order valence-corrected chi connectivity index (χ0v) is 15.4. The normalized spacial score (nSPS) is 11.6. The molecule has 0 spiro atoms. The van der Waals surface area contributed by atoms with Crippen LogP contribution in [0.25, 0.3) is 0 Å². The molecule has 0 bridgehead atoms. The number of ether oxygens (including phenoxy) is 1. The minimum Gasteiger partial charge on any atom is -0.481 e. The van der Waals surface area contributed by atoms with Crippen molar-refractivity contribution in [3.63, 3.8) is 0 Å². The molecule has 25 heavy (non-hydrogen) atoms. The van der Waals surface area contributed by atoms with Crippen LogP contribution in [0.4, 0.5) is 0 Å². The van der Waals surface area contributed by atoms with Gasteiger partial charge in [0.1, 0.15) is 0 Å². The molecule has 7 heteroatoms. The molecule has 0 fully saturated rings. The van der Waals surface area contributed by atoms with Crippen LogP contribution in [-0.2, 0) is 13.1 Å². The Morgan fingerprint density at radius 1 is 1.28 bits per heavy atom. The minimum atomic E-state index is 0.452. The van der Waals surface area contributed by atoms with E-state index in [1.165, 1.54) is 0 Å². The van der Waals surface area contributed by atoms with Crippen LogP contribution in [0.3, 0.4) is 0 Å². The molecule has 0 atom stereocenters. The Morgan fingerprint density at radius 3 is 2.72 bits per heavy atom. The summed E-state index contributed by atoms with van der Waals surface area (Å²) in [7, 11) is 3.34. The zero-order chi connectivity index (χ0) is 18.1. The molecule has 0 unspecified atom stereocenters. The van der Waals surface area contributed by atoms with E-state index in [4.69, 9.17) is 9.26 Å². The average Bonchev–Trinajstić information content (AvgIpc) is 3.12. The number of nitrogens with one attached hydrogen (secondary N) is 2. The number of nitrogens with zero attached hydrogens (tertiary/aromatic N) is 3. The minimum absolute atomic E-state index is 0.452. The van der Waals surface area contributed by atoms with Gasteiger partial charge in [-0.1, -0.05) is 25.1 Å². The summed E-state index contributed by atoms with van der Waals surface area (Å²) in [6.07, 6.45) is 3.83. The number of hydrogen-bond acceptors (Lipinski definition) is 5. The molecule has 0 amide bonds. The molecule has 2 heterocycles. The lowest BCUT2D eigenvalue weighted by atomic mass is 9.99. The van der Waals surface area contributed by atoms with Gasteiger partial charge in [-0.2, -0.15) is 0 Å². The third kappa shape index (κ3) is 5.20. The Balaban J connectivity index is 1.88. The molecule has 2 rings (SSSR count). The summed E-state index contributed by atoms with van der Waals surface area (Å²) in [5.41, 5.74) is 1.98. The Labute approximate surface area is 148 Å². The predicted molar refractivity (Wildman–Crippen MR) is 97.7 cm³/mol. The lowest BCUT2D eigenvalue weighted by Gasteiger charge is -2.12. The van der Waals surface area contributed by atoms with Crippen molar-refractivity contribution in [1.29, 1.82) is 0 Å². The van der Waals surface area contributed by atoms with Crippen molar-refractivity contribution < 1.29 is 9.26 Å². The SMILES string of the molecule is CCC(CC)c1cc(CNC(=NC)NCc2cccnc2OC)on1. The van der Waals surface area contributed by atoms with Gasteiger partial charge in [0.15, 0.2) is 11.7 Å². The Bertz CT molecular complexity index is 680. The summed E-state index contributed by atoms with van der Waals surface area (Å²) in [6, 6.07) is 5.86. The highest BCUT2D eigenvalue weighted by Gasteiger charge is 2.13. The molecular formula is C18H27N5O2. The average molecular weight is 345 g/mol. The van der Waals surface area contributed by atoms with Gasteiger partial charge in [-0.15, -0.1) is 0 Å². The number of aliphatic imine (C=N–C) groups is 1. The molecule has 2 aromatic heterocycles. The predicted octanol–water partition coefficient (Wildman–Crippen LogP) is 2.85. The van der Waals surface area contributed by atoms with E-state index in [1.54, 1.807) is 20.4 Å². The molecule has 7 nitrogen and oxygen atoms in total. The topological polar surface area (TPSA) is 84.6 Å². The van der Waals surface area contributed by atoms with Crippen molar-refractivity contribution in [2.24, 2.45) is 4.99 Å². The molecule has 0 saturated carbocycles. The van der Waals surface area contributed by atoms with E-state index in [9.17, 15) is 0 Å². The van der Waals surface area contributed by atoms with Gasteiger partial charge in [-0.25, -0.2) is 4.98 Å². The van der Waals surface area contributed by atoms with Crippen LogP contribution in [0.2, 0.25) is 0 Å². The van der Waals surface area contributed by atoms with Gasteiger partial charge < -0.3 is 19.9 Å². The summed E-state index contributed by atoms with van der Waals surface area (Å²) < 4.78 is 10.7. The second-order valence-corrected chi connectivity index (χ2v) is 5.68. The first-order valence-corrected chi connectivity index (χ1v) is 8.59. The van der Waals surface area contributed by atoms with Crippen molar-refractivity contribution in [2.45, 2.75) is 45.7 Å². The van der Waals surface area contributed by atoms with E-state index < -0.39 is 0 Å². The first-order chi connectivity index (χ1) is 12.2. The maximum absolute atomic E-state index is 5.42. The van der Waals surface area contributed by atoms with Crippen LogP contribution < -0.4 is 15.4 Å². The van der Waals surface area contributed by atoms with E-state index in [2.05, 4.69) is 39.6 Å². The largest absolute Gasteiger partial charge is 0.481 e. The molecule has 2 aromatic rings. The third-order valence-electron chi connectivity index (χ3n) is 4.12. The molecular weight excluding hydrogens is 318 g/mol. The lowest BCUT2D eigenvalue weighted by molar-refractivity contribution is 0.368. The zero-order valence-electron chi connectivity index (χ0n) is 15.4. The maximum Gasteiger partial charge on any atom is 0.218 e. The Hall–Kier alpha value is -2.57. The van der Waals surface area contributed by atoms with E-state index in [-0.39, 0.29) is 0 Å². The van der Waals surface area contributed by atoms with Crippen molar-refractivity contribution in [3.05, 3.63) is 41.4 Å². The monoisotopic (exact) mass is 345 g/mol. The van der Waals surface area contributed by atoms with Gasteiger partial charge in [-0.05, 0) is 18.9 Å². The fourth-order valence-electron chi connectivity index (χ4n) is 2.62. The summed E-state index contributed by atoms with van der Waals surface area (Å²) in [6.45, 7) is 5.42. The molecule has 0 aliphatic rings. The highest BCUT2D eigenvalue weighted by Crippen LogP contribution is 2.22. The van der Waals surface area contributed by atoms with E-state index >= 15 is 0 Å². The number of rotatable bonds is 8. The molecule has 0 saturated heterocycles. The second-order valence-electron chi connectivity index (χ2n) is 5.68. The quantitative estimate of drug-likeness (QED) is 0.565. The van der Waals surface area contributed by atoms with Crippen molar-refractivity contribution in [3.8, 4) is 5.88 Å². The summed E-state index contributed by atoms with van der Waals surface area (Å²) in [5, 5.41) is 10.6. The molecule has 2 N–H and O–H groups in total. The number of pyridine rings is 1. The molecule has 0 aliphatic carbocycles. The fourth-order valence-corrected chi connectivity index (χ4v) is 2.62. The second kappa shape index (κ2) is 9.66. The fraction of sp³-hybridized carbons (Fsp3) is 0.500. The van der Waals surface area contributed by atoms with Gasteiger partial charge in [0.25, 0.3) is 0 Å². The number of methoxy groups -OCH3 is 1. The first kappa shape index (κ1) is 18.8. The standard InChI is InChI=1S/C18H27N5O2/c1-5-13(6-2)16-10-15(25-23-16)12-22-18(19-3)21-11-14-8-7-9-20-17(14)24-4/h7-10,13H,5-6,11-12H2,1-4H3,(H2,19,21,22). The summed E-state index contributed by atoms with van der Waals surface area (Å²) in [4.78, 5) is 8.40. The van der Waals surface area contributed by atoms with Crippen LogP contribution in [0, 0.1) is 0 Å². The van der Waals surface area contributed by atoms with Gasteiger partial charge in [0, 0.05) is 37.3 Å². The molecule has 0 radical (unpaired) electrons. The van der Waals surface area contributed by atoms with Crippen LogP contribution >= 0.6 is 0 Å². The third-order valence-corrected chi connectivity index (χ3v) is 4.12. The molecule has 136 valence electrons. The molecule has 0 aliphatic heterocycles. The van der Waals surface area contributed by atoms with Crippen LogP contribution in [0.5, 0.6) is 5.88 Å². The van der Waals surface area contributed by atoms with Gasteiger partial charge in [-0.3, -0.25) is 4.99 Å². The Kier molecular flexibility index (Phi) is 7.25. The van der Waals surface area contributed by atoms with Crippen LogP contribution in [0.15, 0.2) is 33.9 Å². The van der Waals surface area contributed by atoms with E-state index in [0.717, 1.165) is 29.9 Å². The Morgan fingerprint density at radius 2 is 2.04 bits per heavy atom. The van der Waals surface area contributed by atoms with E-state index in [1.807, 2.05) is 18.2 Å². The smallest absolute Gasteiger partial charge is 0.218 e. The van der Waals surface area contributed by atoms with Crippen LogP contribution in [0.1, 0.15) is 49.6 Å². The van der Waals surface area contributed by atoms with Crippen LogP contribution in [-0.4, -0.2) is 30.3 Å². The summed E-state index contributed by atoms with van der Waals surface area (Å²) >= 11 is 0.